The Balaban J connectivity index is 1.29. The molecule has 1 fully saturated rings. The molecule has 8 heteroatoms. The number of nitrogens with one attached hydrogen (secondary N) is 1. The third-order valence-corrected chi connectivity index (χ3v) is 7.33. The summed E-state index contributed by atoms with van der Waals surface area (Å²) in [7, 11) is 0. The first-order valence-electron chi connectivity index (χ1n) is 13.0. The van der Waals surface area contributed by atoms with E-state index in [1.165, 1.54) is 0 Å². The molecule has 5 rings (SSSR count). The van der Waals surface area contributed by atoms with Crippen molar-refractivity contribution in [1.82, 2.24) is 15.1 Å². The Hall–Kier alpha value is -3.42. The molecule has 2 amide bonds. The third-order valence-electron chi connectivity index (χ3n) is 7.33. The maximum Gasteiger partial charge on any atom is 0.391 e. The van der Waals surface area contributed by atoms with Crippen LogP contribution in [0.3, 0.4) is 0 Å². The predicted octanol–water partition coefficient (Wildman–Crippen LogP) is 6.22. The topological polar surface area (TPSA) is 44.8 Å². The largest absolute Gasteiger partial charge is 0.491 e. The second-order valence-corrected chi connectivity index (χ2v) is 9.83. The molecule has 1 N–H and O–H groups in total. The number of urea groups is 1. The van der Waals surface area contributed by atoms with E-state index < -0.39 is 12.1 Å². The van der Waals surface area contributed by atoms with Crippen molar-refractivity contribution in [3.8, 4) is 16.9 Å². The smallest absolute Gasteiger partial charge is 0.391 e. The summed E-state index contributed by atoms with van der Waals surface area (Å²) < 4.78 is 45.0. The summed E-state index contributed by atoms with van der Waals surface area (Å²) in [6, 6.07) is 14.2. The van der Waals surface area contributed by atoms with Gasteiger partial charge in [0.15, 0.2) is 0 Å². The standard InChI is InChI=1S/C29H32F3N3O2/c30-29(31,32)25-12-15-34(16-13-25)28(36)35-17-18-37-27-11-10-23(19-24(27)20-35)21-6-8-22(9-7-21)26-5-3-1-2-4-14-33-26/h1,3,5-11,19,25,33H,2,4,12-18,20H2. The van der Waals surface area contributed by atoms with Gasteiger partial charge in [0.05, 0.1) is 19.0 Å². The highest BCUT2D eigenvalue weighted by Crippen LogP contribution is 2.35. The van der Waals surface area contributed by atoms with Crippen LogP contribution in [0.25, 0.3) is 16.8 Å². The Kier molecular flexibility index (Phi) is 7.44. The Bertz CT molecular complexity index is 1170. The van der Waals surface area contributed by atoms with Crippen LogP contribution in [0.2, 0.25) is 0 Å². The van der Waals surface area contributed by atoms with Crippen LogP contribution in [-0.4, -0.2) is 54.8 Å². The van der Waals surface area contributed by atoms with Crippen molar-refractivity contribution in [2.45, 2.75) is 38.4 Å². The summed E-state index contributed by atoms with van der Waals surface area (Å²) in [5.41, 5.74) is 5.21. The van der Waals surface area contributed by atoms with Gasteiger partial charge in [0.1, 0.15) is 12.4 Å². The normalized spacial score (nSPS) is 19.1. The van der Waals surface area contributed by atoms with Crippen molar-refractivity contribution in [1.29, 1.82) is 0 Å². The van der Waals surface area contributed by atoms with Crippen LogP contribution in [0.5, 0.6) is 5.75 Å². The molecule has 3 aliphatic heterocycles. The van der Waals surface area contributed by atoms with Gasteiger partial charge >= 0.3 is 12.2 Å². The van der Waals surface area contributed by atoms with Crippen LogP contribution < -0.4 is 10.1 Å². The van der Waals surface area contributed by atoms with E-state index in [0.29, 0.717) is 19.7 Å². The number of carbonyl (C=O) groups excluding carboxylic acids is 1. The van der Waals surface area contributed by atoms with Crippen LogP contribution in [0.4, 0.5) is 18.0 Å². The second-order valence-electron chi connectivity index (χ2n) is 9.83. The number of alkyl halides is 3. The molecular weight excluding hydrogens is 479 g/mol. The van der Waals surface area contributed by atoms with Crippen LogP contribution in [-0.2, 0) is 6.54 Å². The molecule has 1 saturated heterocycles. The van der Waals surface area contributed by atoms with Crippen LogP contribution in [0.15, 0.2) is 60.7 Å². The minimum Gasteiger partial charge on any atom is -0.491 e. The first kappa shape index (κ1) is 25.2. The molecule has 0 saturated carbocycles. The maximum absolute atomic E-state index is 13.2. The molecule has 0 spiro atoms. The highest BCUT2D eigenvalue weighted by Gasteiger charge is 2.42. The number of rotatable bonds is 2. The zero-order chi connectivity index (χ0) is 25.8. The fourth-order valence-corrected chi connectivity index (χ4v) is 5.14. The molecule has 0 aromatic heterocycles. The van der Waals surface area contributed by atoms with Crippen molar-refractivity contribution in [3.05, 3.63) is 71.8 Å². The summed E-state index contributed by atoms with van der Waals surface area (Å²) in [4.78, 5) is 16.4. The van der Waals surface area contributed by atoms with Gasteiger partial charge in [-0.25, -0.2) is 4.79 Å². The zero-order valence-corrected chi connectivity index (χ0v) is 20.8. The van der Waals surface area contributed by atoms with Gasteiger partial charge in [0.25, 0.3) is 0 Å². The van der Waals surface area contributed by atoms with Gasteiger partial charge < -0.3 is 19.9 Å². The van der Waals surface area contributed by atoms with Gasteiger partial charge in [-0.1, -0.05) is 42.5 Å². The summed E-state index contributed by atoms with van der Waals surface area (Å²) in [6.07, 6.45) is 4.28. The number of carbonyl (C=O) groups is 1. The highest BCUT2D eigenvalue weighted by molar-refractivity contribution is 5.75. The SMILES string of the molecule is O=C(N1CCC(C(F)(F)F)CC1)N1CCOc2ccc(-c3ccc(C4=CC=CCCCN4)cc3)cc2C1. The van der Waals surface area contributed by atoms with Gasteiger partial charge in [-0.05, 0) is 60.6 Å². The number of benzene rings is 2. The van der Waals surface area contributed by atoms with Crippen LogP contribution >= 0.6 is 0 Å². The molecule has 196 valence electrons. The first-order valence-corrected chi connectivity index (χ1v) is 13.0. The Morgan fingerprint density at radius 1 is 0.946 bits per heavy atom. The number of fused-ring (bicyclic) bond motifs is 1. The van der Waals surface area contributed by atoms with Gasteiger partial charge in [-0.3, -0.25) is 0 Å². The van der Waals surface area contributed by atoms with E-state index in [0.717, 1.165) is 53.1 Å². The summed E-state index contributed by atoms with van der Waals surface area (Å²) in [5, 5.41) is 3.49. The molecule has 2 aromatic carbocycles. The number of likely N-dealkylation sites (tertiary alicyclic amines) is 1. The lowest BCUT2D eigenvalue weighted by atomic mass is 9.96. The number of halogens is 3. The fourth-order valence-electron chi connectivity index (χ4n) is 5.14. The maximum atomic E-state index is 13.2. The Labute approximate surface area is 215 Å². The molecule has 2 aromatic rings. The Morgan fingerprint density at radius 2 is 1.68 bits per heavy atom. The third kappa shape index (κ3) is 5.95. The number of nitrogens with zero attached hydrogens (tertiary/aromatic N) is 2. The van der Waals surface area contributed by atoms with E-state index in [-0.39, 0.29) is 32.0 Å². The highest BCUT2D eigenvalue weighted by atomic mass is 19.4. The number of ether oxygens (including phenoxy) is 1. The number of allylic oxidation sites excluding steroid dienone is 3. The van der Waals surface area contributed by atoms with E-state index >= 15 is 0 Å². The van der Waals surface area contributed by atoms with E-state index in [9.17, 15) is 18.0 Å². The van der Waals surface area contributed by atoms with E-state index in [4.69, 9.17) is 4.74 Å². The fraction of sp³-hybridized carbons (Fsp3) is 0.414. The summed E-state index contributed by atoms with van der Waals surface area (Å²) >= 11 is 0. The molecular formula is C29H32F3N3O2. The number of hydrogen-bond acceptors (Lipinski definition) is 3. The minimum atomic E-state index is -4.20. The van der Waals surface area contributed by atoms with Gasteiger partial charge in [0.2, 0.25) is 0 Å². The lowest BCUT2D eigenvalue weighted by molar-refractivity contribution is -0.183. The van der Waals surface area contributed by atoms with Crippen molar-refractivity contribution in [3.63, 3.8) is 0 Å². The molecule has 37 heavy (non-hydrogen) atoms. The molecule has 5 nitrogen and oxygen atoms in total. The van der Waals surface area contributed by atoms with Crippen molar-refractivity contribution < 1.29 is 22.7 Å². The van der Waals surface area contributed by atoms with Crippen LogP contribution in [0.1, 0.15) is 36.8 Å². The summed E-state index contributed by atoms with van der Waals surface area (Å²) in [6.45, 7) is 2.30. The minimum absolute atomic E-state index is 0.0426. The molecule has 0 unspecified atom stereocenters. The first-order chi connectivity index (χ1) is 17.9. The number of amides is 2. The van der Waals surface area contributed by atoms with E-state index in [1.807, 2.05) is 18.2 Å². The summed E-state index contributed by atoms with van der Waals surface area (Å²) in [5.74, 6) is -0.587. The number of hydrogen-bond donors (Lipinski definition) is 1. The van der Waals surface area contributed by atoms with Gasteiger partial charge in [-0.15, -0.1) is 0 Å². The van der Waals surface area contributed by atoms with Crippen molar-refractivity contribution in [2.24, 2.45) is 5.92 Å². The average Bonchev–Trinajstić information content (AvgIpc) is 3.10. The molecule has 0 bridgehead atoms. The van der Waals surface area contributed by atoms with E-state index in [1.54, 1.807) is 9.80 Å². The number of piperidine rings is 1. The lowest BCUT2D eigenvalue weighted by Crippen LogP contribution is -2.48. The molecule has 0 radical (unpaired) electrons. The quantitative estimate of drug-likeness (QED) is 0.521. The average molecular weight is 512 g/mol. The van der Waals surface area contributed by atoms with Crippen molar-refractivity contribution >= 4 is 11.7 Å². The monoisotopic (exact) mass is 511 g/mol. The Morgan fingerprint density at radius 3 is 2.43 bits per heavy atom. The predicted molar refractivity (Wildman–Crippen MR) is 138 cm³/mol. The zero-order valence-electron chi connectivity index (χ0n) is 20.8. The van der Waals surface area contributed by atoms with Crippen LogP contribution in [0, 0.1) is 5.92 Å². The molecule has 0 aliphatic carbocycles. The van der Waals surface area contributed by atoms with E-state index in [2.05, 4.69) is 47.8 Å². The second kappa shape index (κ2) is 10.9. The molecule has 0 atom stereocenters. The molecule has 3 heterocycles. The van der Waals surface area contributed by atoms with Crippen molar-refractivity contribution in [2.75, 3.05) is 32.8 Å². The van der Waals surface area contributed by atoms with Gasteiger partial charge in [0, 0.05) is 30.9 Å². The van der Waals surface area contributed by atoms with Gasteiger partial charge in [-0.2, -0.15) is 13.2 Å². The molecule has 3 aliphatic rings. The lowest BCUT2D eigenvalue weighted by Gasteiger charge is -2.35.